The molecule has 1 fully saturated rings. The second kappa shape index (κ2) is 7.89. The molecule has 158 valence electrons. The van der Waals surface area contributed by atoms with Crippen LogP contribution < -0.4 is 19.7 Å². The van der Waals surface area contributed by atoms with Gasteiger partial charge < -0.3 is 19.7 Å². The fraction of sp³-hybridized carbons (Fsp3) is 0.333. The molecule has 0 bridgehead atoms. The highest BCUT2D eigenvalue weighted by Gasteiger charge is 2.35. The van der Waals surface area contributed by atoms with Crippen molar-refractivity contribution in [3.8, 4) is 11.5 Å². The van der Waals surface area contributed by atoms with E-state index in [1.807, 2.05) is 0 Å². The largest absolute Gasteiger partial charge is 0.486 e. The molecule has 0 unspecified atom stereocenters. The Morgan fingerprint density at radius 2 is 1.87 bits per heavy atom. The number of fused-ring (bicyclic) bond motifs is 1. The van der Waals surface area contributed by atoms with E-state index in [0.717, 1.165) is 12.1 Å². The van der Waals surface area contributed by atoms with E-state index in [1.54, 1.807) is 18.2 Å². The number of carbonyl (C=O) groups is 2. The lowest BCUT2D eigenvalue weighted by atomic mass is 10.1. The van der Waals surface area contributed by atoms with Gasteiger partial charge in [0.15, 0.2) is 11.5 Å². The van der Waals surface area contributed by atoms with E-state index in [0.29, 0.717) is 36.0 Å². The number of rotatable bonds is 4. The van der Waals surface area contributed by atoms with E-state index in [-0.39, 0.29) is 31.3 Å². The molecule has 2 aromatic carbocycles. The predicted molar refractivity (Wildman–Crippen MR) is 101 cm³/mol. The van der Waals surface area contributed by atoms with E-state index >= 15 is 0 Å². The monoisotopic (exact) mass is 420 g/mol. The summed E-state index contributed by atoms with van der Waals surface area (Å²) in [5.41, 5.74) is 0.179. The molecule has 6 nitrogen and oxygen atoms in total. The van der Waals surface area contributed by atoms with E-state index < -0.39 is 17.7 Å². The van der Waals surface area contributed by atoms with Crippen molar-refractivity contribution >= 4 is 17.5 Å². The number of hydrogen-bond acceptors (Lipinski definition) is 4. The van der Waals surface area contributed by atoms with Gasteiger partial charge in [0.1, 0.15) is 13.2 Å². The first-order valence-electron chi connectivity index (χ1n) is 9.45. The van der Waals surface area contributed by atoms with Crippen LogP contribution in [-0.4, -0.2) is 31.6 Å². The summed E-state index contributed by atoms with van der Waals surface area (Å²) >= 11 is 0. The fourth-order valence-electron chi connectivity index (χ4n) is 3.52. The molecule has 0 radical (unpaired) electrons. The summed E-state index contributed by atoms with van der Waals surface area (Å²) in [5.74, 6) is -0.0146. The minimum Gasteiger partial charge on any atom is -0.486 e. The van der Waals surface area contributed by atoms with Crippen molar-refractivity contribution in [1.29, 1.82) is 0 Å². The van der Waals surface area contributed by atoms with Crippen LogP contribution in [0, 0.1) is 5.92 Å². The number of halogens is 3. The number of alkyl halides is 3. The molecule has 2 aliphatic heterocycles. The summed E-state index contributed by atoms with van der Waals surface area (Å²) in [4.78, 5) is 26.4. The van der Waals surface area contributed by atoms with E-state index in [2.05, 4.69) is 5.32 Å². The Morgan fingerprint density at radius 3 is 2.63 bits per heavy atom. The van der Waals surface area contributed by atoms with Crippen molar-refractivity contribution in [2.45, 2.75) is 19.1 Å². The molecule has 2 amide bonds. The van der Waals surface area contributed by atoms with Gasteiger partial charge >= 0.3 is 6.18 Å². The van der Waals surface area contributed by atoms with E-state index in [1.165, 1.54) is 17.0 Å². The van der Waals surface area contributed by atoms with Crippen LogP contribution >= 0.6 is 0 Å². The minimum atomic E-state index is -4.44. The zero-order chi connectivity index (χ0) is 21.3. The van der Waals surface area contributed by atoms with Crippen LogP contribution in [0.5, 0.6) is 11.5 Å². The number of benzene rings is 2. The number of amides is 2. The Kier molecular flexibility index (Phi) is 5.27. The third-order valence-corrected chi connectivity index (χ3v) is 5.05. The maximum Gasteiger partial charge on any atom is 0.416 e. The Bertz CT molecular complexity index is 977. The van der Waals surface area contributed by atoms with Crippen LogP contribution in [0.3, 0.4) is 0 Å². The lowest BCUT2D eigenvalue weighted by Gasteiger charge is -2.22. The summed E-state index contributed by atoms with van der Waals surface area (Å²) < 4.78 is 49.5. The van der Waals surface area contributed by atoms with Crippen molar-refractivity contribution in [3.63, 3.8) is 0 Å². The predicted octanol–water partition coefficient (Wildman–Crippen LogP) is 3.15. The highest BCUT2D eigenvalue weighted by Crippen LogP contribution is 2.36. The van der Waals surface area contributed by atoms with Crippen molar-refractivity contribution in [3.05, 3.63) is 53.6 Å². The van der Waals surface area contributed by atoms with Crippen LogP contribution in [0.2, 0.25) is 0 Å². The van der Waals surface area contributed by atoms with Gasteiger partial charge in [0.05, 0.1) is 11.5 Å². The van der Waals surface area contributed by atoms with Crippen molar-refractivity contribution < 1.29 is 32.2 Å². The zero-order valence-electron chi connectivity index (χ0n) is 15.9. The number of anilines is 1. The molecule has 0 spiro atoms. The van der Waals surface area contributed by atoms with Crippen LogP contribution in [-0.2, 0) is 22.3 Å². The summed E-state index contributed by atoms with van der Waals surface area (Å²) in [6.45, 7) is 1.03. The standard InChI is InChI=1S/C21H19F3N2O4/c22-21(23,24)15-3-1-2-13(8-15)11-25-20(28)14-9-19(27)26(12-14)16-4-5-17-18(10-16)30-7-6-29-17/h1-5,8,10,14H,6-7,9,11-12H2,(H,25,28)/t14-/m1/s1. The van der Waals surface area contributed by atoms with Gasteiger partial charge in [-0.3, -0.25) is 9.59 Å². The van der Waals surface area contributed by atoms with Gasteiger partial charge in [-0.15, -0.1) is 0 Å². The molecule has 2 aliphatic rings. The Morgan fingerprint density at radius 1 is 1.10 bits per heavy atom. The molecule has 1 atom stereocenters. The van der Waals surface area contributed by atoms with Gasteiger partial charge in [0.2, 0.25) is 11.8 Å². The highest BCUT2D eigenvalue weighted by atomic mass is 19.4. The van der Waals surface area contributed by atoms with Crippen molar-refractivity contribution in [2.24, 2.45) is 5.92 Å². The lowest BCUT2D eigenvalue weighted by molar-refractivity contribution is -0.137. The van der Waals surface area contributed by atoms with Gasteiger partial charge in [-0.25, -0.2) is 0 Å². The molecule has 4 rings (SSSR count). The van der Waals surface area contributed by atoms with Gasteiger partial charge in [-0.05, 0) is 29.8 Å². The second-order valence-corrected chi connectivity index (χ2v) is 7.15. The average Bonchev–Trinajstić information content (AvgIpc) is 3.13. The van der Waals surface area contributed by atoms with Crippen LogP contribution in [0.25, 0.3) is 0 Å². The molecule has 0 aromatic heterocycles. The Balaban J connectivity index is 1.39. The maximum absolute atomic E-state index is 12.8. The van der Waals surface area contributed by atoms with Crippen LogP contribution in [0.15, 0.2) is 42.5 Å². The van der Waals surface area contributed by atoms with Gasteiger partial charge in [0.25, 0.3) is 0 Å². The smallest absolute Gasteiger partial charge is 0.416 e. The first kappa shape index (κ1) is 20.1. The number of ether oxygens (including phenoxy) is 2. The first-order valence-corrected chi connectivity index (χ1v) is 9.45. The summed E-state index contributed by atoms with van der Waals surface area (Å²) in [6.07, 6.45) is -4.41. The Labute approximate surface area is 170 Å². The normalized spacial score (nSPS) is 18.4. The van der Waals surface area contributed by atoms with Gasteiger partial charge in [-0.1, -0.05) is 12.1 Å². The molecule has 2 heterocycles. The van der Waals surface area contributed by atoms with Crippen molar-refractivity contribution in [2.75, 3.05) is 24.7 Å². The highest BCUT2D eigenvalue weighted by molar-refractivity contribution is 6.00. The van der Waals surface area contributed by atoms with Gasteiger partial charge in [-0.2, -0.15) is 13.2 Å². The molecular weight excluding hydrogens is 401 g/mol. The fourth-order valence-corrected chi connectivity index (χ4v) is 3.52. The Hall–Kier alpha value is -3.23. The SMILES string of the molecule is O=C(NCc1cccc(C(F)(F)F)c1)[C@@H]1CC(=O)N(c2ccc3c(c2)OCCO3)C1. The molecular formula is C21H19F3N2O4. The van der Waals surface area contributed by atoms with Crippen molar-refractivity contribution in [1.82, 2.24) is 5.32 Å². The molecule has 0 aliphatic carbocycles. The number of nitrogens with one attached hydrogen (secondary N) is 1. The molecule has 2 aromatic rings. The molecule has 30 heavy (non-hydrogen) atoms. The van der Waals surface area contributed by atoms with Crippen LogP contribution in [0.1, 0.15) is 17.5 Å². The molecule has 1 N–H and O–H groups in total. The lowest BCUT2D eigenvalue weighted by Crippen LogP contribution is -2.32. The van der Waals surface area contributed by atoms with E-state index in [9.17, 15) is 22.8 Å². The topological polar surface area (TPSA) is 67.9 Å². The summed E-state index contributed by atoms with van der Waals surface area (Å²) in [7, 11) is 0. The number of hydrogen-bond donors (Lipinski definition) is 1. The third-order valence-electron chi connectivity index (χ3n) is 5.05. The first-order chi connectivity index (χ1) is 14.3. The summed E-state index contributed by atoms with van der Waals surface area (Å²) in [5, 5.41) is 2.63. The van der Waals surface area contributed by atoms with E-state index in [4.69, 9.17) is 9.47 Å². The number of carbonyl (C=O) groups excluding carboxylic acids is 2. The van der Waals surface area contributed by atoms with Gasteiger partial charge in [0, 0.05) is 31.3 Å². The molecule has 0 saturated carbocycles. The minimum absolute atomic E-state index is 0.0306. The summed E-state index contributed by atoms with van der Waals surface area (Å²) in [6, 6.07) is 9.94. The molecule has 1 saturated heterocycles. The zero-order valence-corrected chi connectivity index (χ0v) is 15.9. The van der Waals surface area contributed by atoms with Crippen LogP contribution in [0.4, 0.5) is 18.9 Å². The third kappa shape index (κ3) is 4.19. The second-order valence-electron chi connectivity index (χ2n) is 7.15. The average molecular weight is 420 g/mol. The quantitative estimate of drug-likeness (QED) is 0.825. The maximum atomic E-state index is 12.8. The molecule has 9 heteroatoms. The number of nitrogens with zero attached hydrogens (tertiary/aromatic N) is 1.